The third kappa shape index (κ3) is 8.51. The standard InChI is InChI=1S/C18H30N2O/c1-3-5-6-7-8-9-13-18(21)20-17-12-10-11-16(14-17)15-19-4-2/h10-12,14,19H,3-9,13,15H2,1-2H3,(H,20,21). The molecule has 0 bridgehead atoms. The van der Waals surface area contributed by atoms with Crippen molar-refractivity contribution in [3.05, 3.63) is 29.8 Å². The zero-order valence-corrected chi connectivity index (χ0v) is 13.6. The fraction of sp³-hybridized carbons (Fsp3) is 0.611. The maximum Gasteiger partial charge on any atom is 0.224 e. The van der Waals surface area contributed by atoms with Crippen molar-refractivity contribution in [1.82, 2.24) is 5.32 Å². The number of benzene rings is 1. The Hall–Kier alpha value is -1.35. The number of unbranched alkanes of at least 4 members (excludes halogenated alkanes) is 5. The van der Waals surface area contributed by atoms with E-state index in [9.17, 15) is 4.79 Å². The van der Waals surface area contributed by atoms with Crippen molar-refractivity contribution in [1.29, 1.82) is 0 Å². The highest BCUT2D eigenvalue weighted by Crippen LogP contribution is 2.12. The molecule has 1 aromatic carbocycles. The molecule has 0 aliphatic rings. The van der Waals surface area contributed by atoms with E-state index in [4.69, 9.17) is 0 Å². The summed E-state index contributed by atoms with van der Waals surface area (Å²) in [5.41, 5.74) is 2.11. The molecule has 1 aromatic rings. The Bertz CT molecular complexity index is 404. The van der Waals surface area contributed by atoms with Crippen LogP contribution in [0.4, 0.5) is 5.69 Å². The van der Waals surface area contributed by atoms with E-state index in [1.54, 1.807) is 0 Å². The van der Waals surface area contributed by atoms with Crippen molar-refractivity contribution in [2.75, 3.05) is 11.9 Å². The molecule has 0 unspecified atom stereocenters. The largest absolute Gasteiger partial charge is 0.326 e. The molecular weight excluding hydrogens is 260 g/mol. The molecule has 0 spiro atoms. The minimum atomic E-state index is 0.131. The van der Waals surface area contributed by atoms with Gasteiger partial charge in [0.25, 0.3) is 0 Å². The third-order valence-corrected chi connectivity index (χ3v) is 3.55. The first kappa shape index (κ1) is 17.7. The van der Waals surface area contributed by atoms with E-state index in [-0.39, 0.29) is 5.91 Å². The Labute approximate surface area is 129 Å². The van der Waals surface area contributed by atoms with E-state index >= 15 is 0 Å². The van der Waals surface area contributed by atoms with Crippen molar-refractivity contribution in [3.63, 3.8) is 0 Å². The number of rotatable bonds is 11. The first-order valence-electron chi connectivity index (χ1n) is 8.35. The van der Waals surface area contributed by atoms with Crippen molar-refractivity contribution >= 4 is 11.6 Å². The zero-order chi connectivity index (χ0) is 15.3. The maximum atomic E-state index is 11.9. The van der Waals surface area contributed by atoms with Crippen molar-refractivity contribution in [2.45, 2.75) is 65.3 Å². The van der Waals surface area contributed by atoms with Gasteiger partial charge in [0, 0.05) is 18.7 Å². The molecule has 0 fully saturated rings. The zero-order valence-electron chi connectivity index (χ0n) is 13.6. The summed E-state index contributed by atoms with van der Waals surface area (Å²) in [6.45, 7) is 6.11. The van der Waals surface area contributed by atoms with Crippen LogP contribution < -0.4 is 10.6 Å². The molecule has 2 N–H and O–H groups in total. The van der Waals surface area contributed by atoms with Crippen molar-refractivity contribution in [3.8, 4) is 0 Å². The van der Waals surface area contributed by atoms with Crippen LogP contribution in [0.1, 0.15) is 64.4 Å². The van der Waals surface area contributed by atoms with E-state index in [1.807, 2.05) is 18.2 Å². The molecule has 0 atom stereocenters. The predicted molar refractivity (Wildman–Crippen MR) is 90.4 cm³/mol. The van der Waals surface area contributed by atoms with Gasteiger partial charge in [-0.05, 0) is 30.7 Å². The van der Waals surface area contributed by atoms with Gasteiger partial charge in [-0.1, -0.05) is 58.1 Å². The summed E-state index contributed by atoms with van der Waals surface area (Å²) in [6, 6.07) is 8.06. The quantitative estimate of drug-likeness (QED) is 0.590. The Morgan fingerprint density at radius 1 is 1.05 bits per heavy atom. The molecule has 0 aliphatic heterocycles. The molecule has 0 saturated carbocycles. The molecule has 21 heavy (non-hydrogen) atoms. The number of amides is 1. The fourth-order valence-corrected chi connectivity index (χ4v) is 2.32. The summed E-state index contributed by atoms with van der Waals surface area (Å²) in [6.07, 6.45) is 7.91. The number of hydrogen-bond donors (Lipinski definition) is 2. The van der Waals surface area contributed by atoms with Crippen LogP contribution in [0, 0.1) is 0 Å². The van der Waals surface area contributed by atoms with E-state index in [1.165, 1.54) is 31.2 Å². The van der Waals surface area contributed by atoms with Gasteiger partial charge in [0.1, 0.15) is 0 Å². The highest BCUT2D eigenvalue weighted by atomic mass is 16.1. The molecule has 0 aromatic heterocycles. The molecule has 1 rings (SSSR count). The highest BCUT2D eigenvalue weighted by molar-refractivity contribution is 5.90. The van der Waals surface area contributed by atoms with Crippen LogP contribution in [0.25, 0.3) is 0 Å². The van der Waals surface area contributed by atoms with Gasteiger partial charge in [0.05, 0.1) is 0 Å². The SMILES string of the molecule is CCCCCCCCC(=O)Nc1cccc(CNCC)c1. The highest BCUT2D eigenvalue weighted by Gasteiger charge is 2.03. The Kier molecular flexibility index (Phi) is 9.55. The molecule has 118 valence electrons. The average Bonchev–Trinajstić information content (AvgIpc) is 2.49. The summed E-state index contributed by atoms with van der Waals surface area (Å²) in [7, 11) is 0. The number of hydrogen-bond acceptors (Lipinski definition) is 2. The first-order chi connectivity index (χ1) is 10.3. The topological polar surface area (TPSA) is 41.1 Å². The minimum absolute atomic E-state index is 0.131. The first-order valence-corrected chi connectivity index (χ1v) is 8.35. The Morgan fingerprint density at radius 3 is 2.57 bits per heavy atom. The molecule has 3 nitrogen and oxygen atoms in total. The van der Waals surface area contributed by atoms with Gasteiger partial charge < -0.3 is 10.6 Å². The lowest BCUT2D eigenvalue weighted by atomic mass is 10.1. The maximum absolute atomic E-state index is 11.9. The van der Waals surface area contributed by atoms with Crippen LogP contribution in [0.15, 0.2) is 24.3 Å². The fourth-order valence-electron chi connectivity index (χ4n) is 2.32. The van der Waals surface area contributed by atoms with Crippen LogP contribution in [-0.4, -0.2) is 12.5 Å². The van der Waals surface area contributed by atoms with E-state index in [0.717, 1.165) is 31.6 Å². The molecule has 3 heteroatoms. The lowest BCUT2D eigenvalue weighted by Crippen LogP contribution is -2.13. The lowest BCUT2D eigenvalue weighted by Gasteiger charge is -2.08. The molecule has 0 heterocycles. The Balaban J connectivity index is 2.24. The molecule has 1 amide bonds. The van der Waals surface area contributed by atoms with Gasteiger partial charge >= 0.3 is 0 Å². The Morgan fingerprint density at radius 2 is 1.81 bits per heavy atom. The van der Waals surface area contributed by atoms with Crippen LogP contribution in [0.5, 0.6) is 0 Å². The summed E-state index contributed by atoms with van der Waals surface area (Å²) >= 11 is 0. The van der Waals surface area contributed by atoms with Crippen molar-refractivity contribution in [2.24, 2.45) is 0 Å². The second-order valence-corrected chi connectivity index (χ2v) is 5.55. The minimum Gasteiger partial charge on any atom is -0.326 e. The molecule has 0 aliphatic carbocycles. The summed E-state index contributed by atoms with van der Waals surface area (Å²) in [5, 5.41) is 6.29. The van der Waals surface area contributed by atoms with Crippen molar-refractivity contribution < 1.29 is 4.79 Å². The normalized spacial score (nSPS) is 10.6. The second kappa shape index (κ2) is 11.3. The molecule has 0 radical (unpaired) electrons. The van der Waals surface area contributed by atoms with Gasteiger partial charge in [-0.25, -0.2) is 0 Å². The second-order valence-electron chi connectivity index (χ2n) is 5.55. The molecular formula is C18H30N2O. The van der Waals surface area contributed by atoms with Crippen LogP contribution in [-0.2, 0) is 11.3 Å². The summed E-state index contributed by atoms with van der Waals surface area (Å²) in [5.74, 6) is 0.131. The van der Waals surface area contributed by atoms with Gasteiger partial charge in [0.2, 0.25) is 5.91 Å². The van der Waals surface area contributed by atoms with E-state index in [2.05, 4.69) is 30.5 Å². The summed E-state index contributed by atoms with van der Waals surface area (Å²) in [4.78, 5) is 11.9. The van der Waals surface area contributed by atoms with Crippen LogP contribution in [0.3, 0.4) is 0 Å². The predicted octanol–water partition coefficient (Wildman–Crippen LogP) is 4.49. The van der Waals surface area contributed by atoms with Crippen LogP contribution >= 0.6 is 0 Å². The number of anilines is 1. The average molecular weight is 290 g/mol. The smallest absolute Gasteiger partial charge is 0.224 e. The third-order valence-electron chi connectivity index (χ3n) is 3.55. The number of carbonyl (C=O) groups is 1. The van der Waals surface area contributed by atoms with Crippen LogP contribution in [0.2, 0.25) is 0 Å². The molecule has 0 saturated heterocycles. The van der Waals surface area contributed by atoms with E-state index < -0.39 is 0 Å². The monoisotopic (exact) mass is 290 g/mol. The van der Waals surface area contributed by atoms with Gasteiger partial charge in [-0.2, -0.15) is 0 Å². The number of carbonyl (C=O) groups excluding carboxylic acids is 1. The number of nitrogens with one attached hydrogen (secondary N) is 2. The van der Waals surface area contributed by atoms with Gasteiger partial charge in [-0.3, -0.25) is 4.79 Å². The lowest BCUT2D eigenvalue weighted by molar-refractivity contribution is -0.116. The summed E-state index contributed by atoms with van der Waals surface area (Å²) < 4.78 is 0. The van der Waals surface area contributed by atoms with Gasteiger partial charge in [-0.15, -0.1) is 0 Å². The van der Waals surface area contributed by atoms with E-state index in [0.29, 0.717) is 6.42 Å². The van der Waals surface area contributed by atoms with Gasteiger partial charge in [0.15, 0.2) is 0 Å².